The molecule has 0 N–H and O–H groups in total. The Hall–Kier alpha value is -1.89. The highest BCUT2D eigenvalue weighted by Crippen LogP contribution is 2.29. The highest BCUT2D eigenvalue weighted by atomic mass is 19.4. The molecule has 4 nitrogen and oxygen atoms in total. The van der Waals surface area contributed by atoms with E-state index in [2.05, 4.69) is 21.2 Å². The Morgan fingerprint density at radius 2 is 2.00 bits per heavy atom. The highest BCUT2D eigenvalue weighted by Gasteiger charge is 2.39. The molecule has 21 heavy (non-hydrogen) atoms. The second-order valence-electron chi connectivity index (χ2n) is 5.29. The number of hydrogen-bond acceptors (Lipinski definition) is 3. The Balaban J connectivity index is 1.75. The number of aryl methyl sites for hydroxylation is 1. The Bertz CT molecular complexity index is 648. The van der Waals surface area contributed by atoms with Gasteiger partial charge in [-0.2, -0.15) is 13.2 Å². The first-order valence-electron chi connectivity index (χ1n) is 6.70. The van der Waals surface area contributed by atoms with Crippen molar-refractivity contribution < 1.29 is 13.2 Å². The van der Waals surface area contributed by atoms with Crippen LogP contribution in [0.25, 0.3) is 0 Å². The Kier molecular flexibility index (Phi) is 3.44. The van der Waals surface area contributed by atoms with Crippen LogP contribution in [0.1, 0.15) is 22.8 Å². The van der Waals surface area contributed by atoms with E-state index in [1.165, 1.54) is 10.1 Å². The Morgan fingerprint density at radius 1 is 1.19 bits per heavy atom. The van der Waals surface area contributed by atoms with E-state index in [0.29, 0.717) is 25.5 Å². The molecule has 0 atom stereocenters. The van der Waals surface area contributed by atoms with Gasteiger partial charge in [0.25, 0.3) is 0 Å². The van der Waals surface area contributed by atoms with Gasteiger partial charge in [-0.1, -0.05) is 29.8 Å². The maximum Gasteiger partial charge on any atom is 0.451 e. The zero-order valence-electron chi connectivity index (χ0n) is 11.6. The van der Waals surface area contributed by atoms with Gasteiger partial charge in [0.2, 0.25) is 5.82 Å². The minimum atomic E-state index is -4.44. The lowest BCUT2D eigenvalue weighted by molar-refractivity contribution is -0.148. The van der Waals surface area contributed by atoms with Crippen LogP contribution in [0.15, 0.2) is 24.3 Å². The lowest BCUT2D eigenvalue weighted by Crippen LogP contribution is -2.34. The minimum Gasteiger partial charge on any atom is -0.305 e. The number of nitrogens with zero attached hydrogens (tertiary/aromatic N) is 4. The third kappa shape index (κ3) is 2.92. The lowest BCUT2D eigenvalue weighted by Gasteiger charge is -2.28. The maximum absolute atomic E-state index is 12.8. The van der Waals surface area contributed by atoms with Crippen LogP contribution in [0.3, 0.4) is 0 Å². The minimum absolute atomic E-state index is 0.267. The van der Waals surface area contributed by atoms with E-state index in [-0.39, 0.29) is 6.54 Å². The average Bonchev–Trinajstić information content (AvgIpc) is 2.81. The predicted octanol–water partition coefficient (Wildman–Crippen LogP) is 2.62. The molecule has 112 valence electrons. The van der Waals surface area contributed by atoms with Crippen molar-refractivity contribution in [2.45, 2.75) is 32.7 Å². The fraction of sp³-hybridized carbons (Fsp3) is 0.429. The smallest absolute Gasteiger partial charge is 0.305 e. The number of benzene rings is 1. The van der Waals surface area contributed by atoms with Gasteiger partial charge in [-0.3, -0.25) is 4.90 Å². The number of fused-ring (bicyclic) bond motifs is 1. The fourth-order valence-corrected chi connectivity index (χ4v) is 2.62. The Morgan fingerprint density at radius 3 is 2.71 bits per heavy atom. The molecule has 0 saturated carbocycles. The second-order valence-corrected chi connectivity index (χ2v) is 5.29. The first kappa shape index (κ1) is 14.1. The third-order valence-corrected chi connectivity index (χ3v) is 3.57. The van der Waals surface area contributed by atoms with E-state index < -0.39 is 12.0 Å². The summed E-state index contributed by atoms with van der Waals surface area (Å²) in [6.07, 6.45) is -4.44. The third-order valence-electron chi connectivity index (χ3n) is 3.57. The molecule has 1 aliphatic heterocycles. The van der Waals surface area contributed by atoms with Gasteiger partial charge in [-0.25, -0.2) is 0 Å². The molecular weight excluding hydrogens is 281 g/mol. The number of halogens is 3. The van der Waals surface area contributed by atoms with Crippen molar-refractivity contribution in [3.8, 4) is 0 Å². The maximum atomic E-state index is 12.8. The molecule has 0 bridgehead atoms. The van der Waals surface area contributed by atoms with Crippen LogP contribution in [0, 0.1) is 6.92 Å². The zero-order chi connectivity index (χ0) is 15.0. The van der Waals surface area contributed by atoms with Gasteiger partial charge in [-0.05, 0) is 12.5 Å². The van der Waals surface area contributed by atoms with E-state index in [1.54, 1.807) is 0 Å². The monoisotopic (exact) mass is 296 g/mol. The molecule has 0 aliphatic carbocycles. The average molecular weight is 296 g/mol. The first-order chi connectivity index (χ1) is 9.93. The van der Waals surface area contributed by atoms with Crippen LogP contribution in [0.2, 0.25) is 0 Å². The van der Waals surface area contributed by atoms with Crippen molar-refractivity contribution >= 4 is 0 Å². The summed E-state index contributed by atoms with van der Waals surface area (Å²) in [5, 5.41) is 6.97. The van der Waals surface area contributed by atoms with Crippen LogP contribution >= 0.6 is 0 Å². The molecule has 7 heteroatoms. The summed E-state index contributed by atoms with van der Waals surface area (Å²) in [6, 6.07) is 8.11. The summed E-state index contributed by atoms with van der Waals surface area (Å²) in [4.78, 5) is 2.08. The van der Waals surface area contributed by atoms with Crippen LogP contribution in [-0.2, 0) is 25.8 Å². The van der Waals surface area contributed by atoms with Gasteiger partial charge in [-0.15, -0.1) is 10.2 Å². The molecule has 2 heterocycles. The predicted molar refractivity (Wildman–Crippen MR) is 70.3 cm³/mol. The molecule has 3 rings (SSSR count). The summed E-state index contributed by atoms with van der Waals surface area (Å²) < 4.78 is 39.5. The standard InChI is InChI=1S/C14H15F3N4/c1-10-3-2-4-11(7-10)8-20-5-6-21-12(9-20)18-19-13(21)14(15,16)17/h2-4,7H,5-6,8-9H2,1H3. The number of rotatable bonds is 2. The molecule has 0 saturated heterocycles. The molecule has 0 radical (unpaired) electrons. The second kappa shape index (κ2) is 5.14. The number of aromatic nitrogens is 3. The molecular formula is C14H15F3N4. The summed E-state index contributed by atoms with van der Waals surface area (Å²) in [7, 11) is 0. The van der Waals surface area contributed by atoms with Crippen LogP contribution in [0.4, 0.5) is 13.2 Å². The van der Waals surface area contributed by atoms with Crippen LogP contribution in [0.5, 0.6) is 0 Å². The van der Waals surface area contributed by atoms with Crippen molar-refractivity contribution in [1.29, 1.82) is 0 Å². The van der Waals surface area contributed by atoms with Gasteiger partial charge >= 0.3 is 6.18 Å². The van der Waals surface area contributed by atoms with Crippen molar-refractivity contribution in [2.24, 2.45) is 0 Å². The highest BCUT2D eigenvalue weighted by molar-refractivity contribution is 5.22. The normalized spacial score (nSPS) is 16.0. The van der Waals surface area contributed by atoms with Crippen molar-refractivity contribution in [1.82, 2.24) is 19.7 Å². The topological polar surface area (TPSA) is 34.0 Å². The van der Waals surface area contributed by atoms with Gasteiger partial charge < -0.3 is 4.57 Å². The van der Waals surface area contributed by atoms with E-state index in [4.69, 9.17) is 0 Å². The Labute approximate surface area is 120 Å². The summed E-state index contributed by atoms with van der Waals surface area (Å²) in [5.74, 6) is -0.520. The van der Waals surface area contributed by atoms with E-state index in [1.807, 2.05) is 25.1 Å². The van der Waals surface area contributed by atoms with Crippen LogP contribution < -0.4 is 0 Å². The van der Waals surface area contributed by atoms with Gasteiger partial charge in [0, 0.05) is 19.6 Å². The molecule has 1 aliphatic rings. The van der Waals surface area contributed by atoms with E-state index in [0.717, 1.165) is 5.56 Å². The quantitative estimate of drug-likeness (QED) is 0.854. The summed E-state index contributed by atoms with van der Waals surface area (Å²) in [5.41, 5.74) is 2.33. The van der Waals surface area contributed by atoms with Crippen LogP contribution in [-0.4, -0.2) is 26.2 Å². The molecule has 0 amide bonds. The van der Waals surface area contributed by atoms with Gasteiger partial charge in [0.15, 0.2) is 0 Å². The molecule has 1 aromatic carbocycles. The summed E-state index contributed by atoms with van der Waals surface area (Å²) in [6.45, 7) is 3.93. The molecule has 1 aromatic heterocycles. The van der Waals surface area contributed by atoms with Crippen molar-refractivity contribution in [2.75, 3.05) is 6.54 Å². The summed E-state index contributed by atoms with van der Waals surface area (Å²) >= 11 is 0. The molecule has 0 spiro atoms. The van der Waals surface area contributed by atoms with E-state index >= 15 is 0 Å². The molecule has 0 unspecified atom stereocenters. The first-order valence-corrected chi connectivity index (χ1v) is 6.70. The van der Waals surface area contributed by atoms with E-state index in [9.17, 15) is 13.2 Å². The van der Waals surface area contributed by atoms with Crippen molar-refractivity contribution in [3.05, 3.63) is 47.0 Å². The number of hydrogen-bond donors (Lipinski definition) is 0. The van der Waals surface area contributed by atoms with Gasteiger partial charge in [0.05, 0.1) is 6.54 Å². The largest absolute Gasteiger partial charge is 0.451 e. The SMILES string of the molecule is Cc1cccc(CN2CCn3c(nnc3C(F)(F)F)C2)c1. The lowest BCUT2D eigenvalue weighted by atomic mass is 10.1. The van der Waals surface area contributed by atoms with Gasteiger partial charge in [0.1, 0.15) is 5.82 Å². The molecule has 2 aromatic rings. The zero-order valence-corrected chi connectivity index (χ0v) is 11.6. The molecule has 0 fully saturated rings. The van der Waals surface area contributed by atoms with Crippen molar-refractivity contribution in [3.63, 3.8) is 0 Å². The number of alkyl halides is 3. The fourth-order valence-electron chi connectivity index (χ4n) is 2.62.